The highest BCUT2D eigenvalue weighted by molar-refractivity contribution is 6.30. The molecule has 2 aromatic rings. The minimum Gasteiger partial charge on any atom is -0.313 e. The summed E-state index contributed by atoms with van der Waals surface area (Å²) >= 11 is 5.99. The summed E-state index contributed by atoms with van der Waals surface area (Å²) in [5, 5.41) is 4.21. The lowest BCUT2D eigenvalue weighted by atomic mass is 9.87. The van der Waals surface area contributed by atoms with Gasteiger partial charge in [0, 0.05) is 30.7 Å². The molecule has 1 aromatic carbocycles. The van der Waals surface area contributed by atoms with Gasteiger partial charge in [-0.15, -0.1) is 0 Å². The van der Waals surface area contributed by atoms with Crippen molar-refractivity contribution >= 4 is 17.5 Å². The van der Waals surface area contributed by atoms with Crippen molar-refractivity contribution in [1.82, 2.24) is 15.2 Å². The van der Waals surface area contributed by atoms with Crippen molar-refractivity contribution < 1.29 is 4.79 Å². The standard InChI is InChI=1S/C16H14ClN3O/c17-13-5-3-12(4-6-13)16-10-11-2-1-7-18-14(11)15(21)20(16)9-8-19-16/h1-7,19H,8-10H2. The van der Waals surface area contributed by atoms with E-state index >= 15 is 0 Å². The van der Waals surface area contributed by atoms with E-state index in [0.29, 0.717) is 17.3 Å². The summed E-state index contributed by atoms with van der Waals surface area (Å²) < 4.78 is 0. The number of carbonyl (C=O) groups is 1. The molecule has 1 amide bonds. The number of pyridine rings is 1. The molecule has 3 heterocycles. The largest absolute Gasteiger partial charge is 0.313 e. The second-order valence-corrected chi connectivity index (χ2v) is 5.88. The number of aromatic nitrogens is 1. The van der Waals surface area contributed by atoms with Crippen LogP contribution < -0.4 is 5.32 Å². The summed E-state index contributed by atoms with van der Waals surface area (Å²) in [6, 6.07) is 11.6. The number of fused-ring (bicyclic) bond motifs is 2. The lowest BCUT2D eigenvalue weighted by Gasteiger charge is -2.42. The van der Waals surface area contributed by atoms with Crippen molar-refractivity contribution in [1.29, 1.82) is 0 Å². The molecule has 0 radical (unpaired) electrons. The number of nitrogens with zero attached hydrogens (tertiary/aromatic N) is 2. The Morgan fingerprint density at radius 2 is 2.05 bits per heavy atom. The highest BCUT2D eigenvalue weighted by Crippen LogP contribution is 2.38. The van der Waals surface area contributed by atoms with Gasteiger partial charge in [-0.05, 0) is 29.3 Å². The van der Waals surface area contributed by atoms with Gasteiger partial charge in [-0.25, -0.2) is 0 Å². The molecular formula is C16H14ClN3O. The number of hydrogen-bond donors (Lipinski definition) is 1. The lowest BCUT2D eigenvalue weighted by molar-refractivity contribution is 0.0495. The second-order valence-electron chi connectivity index (χ2n) is 5.44. The maximum atomic E-state index is 12.7. The predicted molar refractivity (Wildman–Crippen MR) is 80.1 cm³/mol. The van der Waals surface area contributed by atoms with Crippen LogP contribution in [0.4, 0.5) is 0 Å². The summed E-state index contributed by atoms with van der Waals surface area (Å²) in [6.07, 6.45) is 2.40. The highest BCUT2D eigenvalue weighted by Gasteiger charge is 2.49. The van der Waals surface area contributed by atoms with Gasteiger partial charge in [0.05, 0.1) is 0 Å². The average molecular weight is 300 g/mol. The van der Waals surface area contributed by atoms with Gasteiger partial charge in [-0.3, -0.25) is 15.1 Å². The molecule has 0 bridgehead atoms. The fourth-order valence-corrected chi connectivity index (χ4v) is 3.48. The van der Waals surface area contributed by atoms with Crippen LogP contribution in [0.5, 0.6) is 0 Å². The molecule has 0 saturated carbocycles. The van der Waals surface area contributed by atoms with E-state index in [1.165, 1.54) is 0 Å². The molecule has 4 rings (SSSR count). The zero-order valence-electron chi connectivity index (χ0n) is 11.3. The van der Waals surface area contributed by atoms with E-state index in [1.54, 1.807) is 6.20 Å². The van der Waals surface area contributed by atoms with Crippen LogP contribution in [0.2, 0.25) is 5.02 Å². The van der Waals surface area contributed by atoms with E-state index in [0.717, 1.165) is 24.1 Å². The van der Waals surface area contributed by atoms with Crippen LogP contribution in [0, 0.1) is 0 Å². The van der Waals surface area contributed by atoms with Gasteiger partial charge < -0.3 is 4.90 Å². The van der Waals surface area contributed by atoms with Crippen LogP contribution >= 0.6 is 11.6 Å². The van der Waals surface area contributed by atoms with Crippen LogP contribution in [-0.2, 0) is 12.1 Å². The van der Waals surface area contributed by atoms with E-state index in [4.69, 9.17) is 11.6 Å². The van der Waals surface area contributed by atoms with Crippen molar-refractivity contribution in [2.45, 2.75) is 12.1 Å². The first-order valence-electron chi connectivity index (χ1n) is 6.98. The van der Waals surface area contributed by atoms with Gasteiger partial charge in [-0.2, -0.15) is 0 Å². The molecule has 1 fully saturated rings. The summed E-state index contributed by atoms with van der Waals surface area (Å²) in [5.74, 6) is -0.00296. The molecule has 1 aromatic heterocycles. The van der Waals surface area contributed by atoms with Crippen LogP contribution in [0.25, 0.3) is 0 Å². The Bertz CT molecular complexity index is 716. The topological polar surface area (TPSA) is 45.2 Å². The predicted octanol–water partition coefficient (Wildman–Crippen LogP) is 2.19. The SMILES string of the molecule is O=C1c2ncccc2CC2(c3ccc(Cl)cc3)NCCN12. The van der Waals surface area contributed by atoms with E-state index < -0.39 is 5.66 Å². The van der Waals surface area contributed by atoms with E-state index in [-0.39, 0.29) is 5.91 Å². The number of halogens is 1. The molecule has 1 unspecified atom stereocenters. The minimum atomic E-state index is -0.474. The van der Waals surface area contributed by atoms with E-state index in [2.05, 4.69) is 10.3 Å². The molecule has 1 saturated heterocycles. The van der Waals surface area contributed by atoms with Gasteiger partial charge in [0.15, 0.2) is 0 Å². The third-order valence-electron chi connectivity index (χ3n) is 4.32. The Hall–Kier alpha value is -1.91. The molecule has 2 aliphatic rings. The molecule has 0 aliphatic carbocycles. The monoisotopic (exact) mass is 299 g/mol. The summed E-state index contributed by atoms with van der Waals surface area (Å²) in [7, 11) is 0. The molecule has 0 spiro atoms. The molecule has 5 heteroatoms. The average Bonchev–Trinajstić information content (AvgIpc) is 2.93. The number of amides is 1. The van der Waals surface area contributed by atoms with Crippen molar-refractivity contribution in [2.24, 2.45) is 0 Å². The molecule has 2 aliphatic heterocycles. The Balaban J connectivity index is 1.88. The van der Waals surface area contributed by atoms with Crippen LogP contribution in [0.1, 0.15) is 21.6 Å². The van der Waals surface area contributed by atoms with Crippen molar-refractivity contribution in [3.8, 4) is 0 Å². The molecule has 21 heavy (non-hydrogen) atoms. The molecule has 4 nitrogen and oxygen atoms in total. The van der Waals surface area contributed by atoms with Gasteiger partial charge >= 0.3 is 0 Å². The second kappa shape index (κ2) is 4.55. The zero-order valence-corrected chi connectivity index (χ0v) is 12.1. The third kappa shape index (κ3) is 1.79. The summed E-state index contributed by atoms with van der Waals surface area (Å²) in [5.41, 5.74) is 2.15. The van der Waals surface area contributed by atoms with Crippen LogP contribution in [0.3, 0.4) is 0 Å². The first kappa shape index (κ1) is 12.8. The zero-order chi connectivity index (χ0) is 14.4. The fraction of sp³-hybridized carbons (Fsp3) is 0.250. The Morgan fingerprint density at radius 1 is 1.24 bits per heavy atom. The lowest BCUT2D eigenvalue weighted by Crippen LogP contribution is -2.55. The fourth-order valence-electron chi connectivity index (χ4n) is 3.36. The highest BCUT2D eigenvalue weighted by atomic mass is 35.5. The van der Waals surface area contributed by atoms with Gasteiger partial charge in [0.1, 0.15) is 11.4 Å². The summed E-state index contributed by atoms with van der Waals surface area (Å²) in [4.78, 5) is 18.9. The van der Waals surface area contributed by atoms with Crippen molar-refractivity contribution in [3.05, 3.63) is 64.4 Å². The minimum absolute atomic E-state index is 0.00296. The maximum Gasteiger partial charge on any atom is 0.274 e. The number of carbonyl (C=O) groups excluding carboxylic acids is 1. The van der Waals surface area contributed by atoms with E-state index in [1.807, 2.05) is 41.3 Å². The first-order valence-corrected chi connectivity index (χ1v) is 7.35. The van der Waals surface area contributed by atoms with Gasteiger partial charge in [-0.1, -0.05) is 29.8 Å². The quantitative estimate of drug-likeness (QED) is 0.878. The van der Waals surface area contributed by atoms with E-state index in [9.17, 15) is 4.79 Å². The number of benzene rings is 1. The molecular weight excluding hydrogens is 286 g/mol. The van der Waals surface area contributed by atoms with Gasteiger partial charge in [0.2, 0.25) is 0 Å². The molecule has 106 valence electrons. The van der Waals surface area contributed by atoms with Crippen LogP contribution in [-0.4, -0.2) is 28.9 Å². The number of nitrogens with one attached hydrogen (secondary N) is 1. The number of rotatable bonds is 1. The smallest absolute Gasteiger partial charge is 0.274 e. The van der Waals surface area contributed by atoms with Gasteiger partial charge in [0.25, 0.3) is 5.91 Å². The summed E-state index contributed by atoms with van der Waals surface area (Å²) in [6.45, 7) is 1.47. The Kier molecular flexibility index (Phi) is 2.77. The molecule has 1 N–H and O–H groups in total. The Labute approximate surface area is 127 Å². The normalized spacial score (nSPS) is 23.9. The van der Waals surface area contributed by atoms with Crippen molar-refractivity contribution in [3.63, 3.8) is 0 Å². The number of hydrogen-bond acceptors (Lipinski definition) is 3. The molecule has 1 atom stereocenters. The Morgan fingerprint density at radius 3 is 2.86 bits per heavy atom. The third-order valence-corrected chi connectivity index (χ3v) is 4.57. The first-order chi connectivity index (χ1) is 10.2. The van der Waals surface area contributed by atoms with Crippen LogP contribution in [0.15, 0.2) is 42.6 Å². The maximum absolute atomic E-state index is 12.7. The van der Waals surface area contributed by atoms with Crippen molar-refractivity contribution in [2.75, 3.05) is 13.1 Å².